The normalized spacial score (nSPS) is 19.6. The maximum absolute atomic E-state index is 13.6. The molecule has 200 valence electrons. The molecule has 2 aliphatic rings. The second-order valence-corrected chi connectivity index (χ2v) is 11.9. The zero-order valence-electron chi connectivity index (χ0n) is 21.4. The van der Waals surface area contributed by atoms with E-state index in [-0.39, 0.29) is 36.4 Å². The number of rotatable bonds is 7. The van der Waals surface area contributed by atoms with Gasteiger partial charge in [0.1, 0.15) is 6.61 Å². The highest BCUT2D eigenvalue weighted by atomic mass is 32.2. The van der Waals surface area contributed by atoms with Crippen LogP contribution in [-0.4, -0.2) is 79.9 Å². The molecule has 2 fully saturated rings. The molecule has 1 aromatic heterocycles. The third kappa shape index (κ3) is 5.66. The van der Waals surface area contributed by atoms with Crippen molar-refractivity contribution in [2.75, 3.05) is 44.2 Å². The third-order valence-electron chi connectivity index (χ3n) is 7.42. The van der Waals surface area contributed by atoms with Crippen LogP contribution in [0.1, 0.15) is 19.8 Å². The molecule has 0 aliphatic carbocycles. The Balaban J connectivity index is 1.30. The molecule has 2 aromatic carbocycles. The molecular formula is C28H32N4O5S. The first kappa shape index (κ1) is 26.1. The summed E-state index contributed by atoms with van der Waals surface area (Å²) in [6, 6.07) is 16.0. The number of hydrogen-bond donors (Lipinski definition) is 0. The van der Waals surface area contributed by atoms with Gasteiger partial charge in [0.2, 0.25) is 15.9 Å². The van der Waals surface area contributed by atoms with Crippen LogP contribution in [0.25, 0.3) is 10.8 Å². The van der Waals surface area contributed by atoms with Gasteiger partial charge in [-0.3, -0.25) is 14.6 Å². The molecule has 1 unspecified atom stereocenters. The quantitative estimate of drug-likeness (QED) is 0.428. The standard InChI is InChI=1S/C28H32N4O5S/c1-21(33)37-20-26-18-31(38(35,36)27-7-6-23-4-2-3-5-24(23)16-27)19-28(34)32(26)17-22-10-14-30(15-11-22)25-8-12-29-13-9-25/h2-9,12-13,16,22,26H,10-11,14-15,17-20H2,1H3. The predicted molar refractivity (Wildman–Crippen MR) is 144 cm³/mol. The van der Waals surface area contributed by atoms with Crippen LogP contribution < -0.4 is 4.90 Å². The minimum atomic E-state index is -3.92. The van der Waals surface area contributed by atoms with Crippen LogP contribution in [0.2, 0.25) is 0 Å². The van der Waals surface area contributed by atoms with E-state index in [2.05, 4.69) is 9.88 Å². The van der Waals surface area contributed by atoms with Gasteiger partial charge in [0.25, 0.3) is 0 Å². The smallest absolute Gasteiger partial charge is 0.302 e. The summed E-state index contributed by atoms with van der Waals surface area (Å²) < 4.78 is 33.6. The number of aromatic nitrogens is 1. The number of carbonyl (C=O) groups is 2. The predicted octanol–water partition coefficient (Wildman–Crippen LogP) is 2.92. The van der Waals surface area contributed by atoms with Crippen LogP contribution in [0.15, 0.2) is 71.9 Å². The van der Waals surface area contributed by atoms with Crippen molar-refractivity contribution in [3.63, 3.8) is 0 Å². The zero-order chi connectivity index (χ0) is 26.7. The number of ether oxygens (including phenoxy) is 1. The number of piperazine rings is 1. The number of nitrogens with zero attached hydrogens (tertiary/aromatic N) is 4. The summed E-state index contributed by atoms with van der Waals surface area (Å²) in [5.74, 6) is -0.451. The summed E-state index contributed by atoms with van der Waals surface area (Å²) >= 11 is 0. The zero-order valence-corrected chi connectivity index (χ0v) is 22.2. The first-order valence-electron chi connectivity index (χ1n) is 12.9. The van der Waals surface area contributed by atoms with Crippen molar-refractivity contribution in [3.05, 3.63) is 67.0 Å². The summed E-state index contributed by atoms with van der Waals surface area (Å²) in [7, 11) is -3.92. The van der Waals surface area contributed by atoms with Crippen molar-refractivity contribution in [2.45, 2.75) is 30.7 Å². The van der Waals surface area contributed by atoms with Gasteiger partial charge in [-0.05, 0) is 53.8 Å². The topological polar surface area (TPSA) is 100 Å². The van der Waals surface area contributed by atoms with Gasteiger partial charge in [-0.2, -0.15) is 4.31 Å². The maximum Gasteiger partial charge on any atom is 0.302 e. The van der Waals surface area contributed by atoms with Gasteiger partial charge < -0.3 is 14.5 Å². The maximum atomic E-state index is 13.6. The Morgan fingerprint density at radius 2 is 1.74 bits per heavy atom. The number of fused-ring (bicyclic) bond motifs is 1. The van der Waals surface area contributed by atoms with Gasteiger partial charge in [0.15, 0.2) is 0 Å². The molecular weight excluding hydrogens is 504 g/mol. The van der Waals surface area contributed by atoms with E-state index >= 15 is 0 Å². The molecule has 1 atom stereocenters. The van der Waals surface area contributed by atoms with E-state index in [1.54, 1.807) is 35.5 Å². The lowest BCUT2D eigenvalue weighted by Crippen LogP contribution is -2.60. The Morgan fingerprint density at radius 1 is 1.03 bits per heavy atom. The fourth-order valence-electron chi connectivity index (χ4n) is 5.32. The number of pyridine rings is 1. The molecule has 3 heterocycles. The Bertz CT molecular complexity index is 1410. The molecule has 0 bridgehead atoms. The number of anilines is 1. The molecule has 0 saturated carbocycles. The van der Waals surface area contributed by atoms with Crippen LogP contribution in [0.4, 0.5) is 5.69 Å². The summed E-state index contributed by atoms with van der Waals surface area (Å²) in [4.78, 5) is 33.2. The minimum absolute atomic E-state index is 0.0410. The van der Waals surface area contributed by atoms with Gasteiger partial charge in [0.05, 0.1) is 17.5 Å². The molecule has 10 heteroatoms. The van der Waals surface area contributed by atoms with Crippen LogP contribution >= 0.6 is 0 Å². The largest absolute Gasteiger partial charge is 0.464 e. The molecule has 38 heavy (non-hydrogen) atoms. The lowest BCUT2D eigenvalue weighted by Gasteiger charge is -2.43. The number of piperidine rings is 1. The van der Waals surface area contributed by atoms with Gasteiger partial charge >= 0.3 is 5.97 Å². The average molecular weight is 537 g/mol. The lowest BCUT2D eigenvalue weighted by molar-refractivity contribution is -0.149. The first-order valence-corrected chi connectivity index (χ1v) is 14.3. The van der Waals surface area contributed by atoms with E-state index in [0.29, 0.717) is 6.54 Å². The molecule has 0 spiro atoms. The highest BCUT2D eigenvalue weighted by Crippen LogP contribution is 2.28. The number of hydrogen-bond acceptors (Lipinski definition) is 7. The first-order chi connectivity index (χ1) is 18.3. The van der Waals surface area contributed by atoms with Crippen LogP contribution in [0.5, 0.6) is 0 Å². The van der Waals surface area contributed by atoms with Crippen molar-refractivity contribution in [1.29, 1.82) is 0 Å². The van der Waals surface area contributed by atoms with Gasteiger partial charge in [-0.1, -0.05) is 30.3 Å². The fraction of sp³-hybridized carbons (Fsp3) is 0.393. The van der Waals surface area contributed by atoms with E-state index in [9.17, 15) is 18.0 Å². The Kier molecular flexibility index (Phi) is 7.62. The van der Waals surface area contributed by atoms with Gasteiger partial charge in [-0.15, -0.1) is 0 Å². The number of esters is 1. The van der Waals surface area contributed by atoms with Gasteiger partial charge in [-0.25, -0.2) is 8.42 Å². The summed E-state index contributed by atoms with van der Waals surface area (Å²) in [6.07, 6.45) is 5.38. The molecule has 0 radical (unpaired) electrons. The second-order valence-electron chi connectivity index (χ2n) is 9.94. The van der Waals surface area contributed by atoms with E-state index in [0.717, 1.165) is 42.4 Å². The van der Waals surface area contributed by atoms with Crippen molar-refractivity contribution in [3.8, 4) is 0 Å². The molecule has 1 amide bonds. The molecule has 2 saturated heterocycles. The Labute approximate surface area is 223 Å². The Hall–Kier alpha value is -3.50. The van der Waals surface area contributed by atoms with Crippen molar-refractivity contribution < 1.29 is 22.7 Å². The SMILES string of the molecule is CC(=O)OCC1CN(S(=O)(=O)c2ccc3ccccc3c2)CC(=O)N1CC1CCN(c2ccncc2)CC1. The van der Waals surface area contributed by atoms with Gasteiger partial charge in [0, 0.05) is 51.2 Å². The van der Waals surface area contributed by atoms with Crippen LogP contribution in [-0.2, 0) is 24.3 Å². The van der Waals surface area contributed by atoms with E-state index in [4.69, 9.17) is 4.74 Å². The van der Waals surface area contributed by atoms with Crippen LogP contribution in [0.3, 0.4) is 0 Å². The lowest BCUT2D eigenvalue weighted by atomic mass is 9.95. The minimum Gasteiger partial charge on any atom is -0.464 e. The number of amides is 1. The van der Waals surface area contributed by atoms with Crippen molar-refractivity contribution in [2.24, 2.45) is 5.92 Å². The van der Waals surface area contributed by atoms with E-state index < -0.39 is 22.0 Å². The number of carbonyl (C=O) groups excluding carboxylic acids is 2. The summed E-state index contributed by atoms with van der Waals surface area (Å²) in [6.45, 7) is 3.36. The van der Waals surface area contributed by atoms with E-state index in [1.165, 1.54) is 11.2 Å². The average Bonchev–Trinajstić information content (AvgIpc) is 2.93. The highest BCUT2D eigenvalue weighted by molar-refractivity contribution is 7.89. The molecule has 3 aromatic rings. The fourth-order valence-corrected chi connectivity index (χ4v) is 6.78. The molecule has 0 N–H and O–H groups in total. The van der Waals surface area contributed by atoms with Crippen LogP contribution in [0, 0.1) is 5.92 Å². The molecule has 9 nitrogen and oxygen atoms in total. The van der Waals surface area contributed by atoms with Crippen molar-refractivity contribution in [1.82, 2.24) is 14.2 Å². The molecule has 2 aliphatic heterocycles. The monoisotopic (exact) mass is 536 g/mol. The third-order valence-corrected chi connectivity index (χ3v) is 9.23. The molecule has 5 rings (SSSR count). The number of sulfonamides is 1. The summed E-state index contributed by atoms with van der Waals surface area (Å²) in [5.41, 5.74) is 1.13. The van der Waals surface area contributed by atoms with E-state index in [1.807, 2.05) is 36.4 Å². The second kappa shape index (κ2) is 11.1. The summed E-state index contributed by atoms with van der Waals surface area (Å²) in [5, 5.41) is 1.75. The number of benzene rings is 2. The van der Waals surface area contributed by atoms with Crippen molar-refractivity contribution >= 4 is 38.4 Å². The highest BCUT2D eigenvalue weighted by Gasteiger charge is 2.40. The Morgan fingerprint density at radius 3 is 2.45 bits per heavy atom.